The molecule has 1 aromatic carbocycles. The first-order valence-electron chi connectivity index (χ1n) is 4.61. The summed E-state index contributed by atoms with van der Waals surface area (Å²) in [7, 11) is 1.63. The molecule has 0 radical (unpaired) electrons. The van der Waals surface area contributed by atoms with E-state index in [9.17, 15) is 4.79 Å². The molecule has 0 aliphatic rings. The molecule has 0 aromatic heterocycles. The number of Topliss-reactive ketones (excluding diaryl/α,β-unsaturated/α-hetero) is 1. The summed E-state index contributed by atoms with van der Waals surface area (Å²) >= 11 is 0. The minimum Gasteiger partial charge on any atom is -0.399 e. The predicted molar refractivity (Wildman–Crippen MR) is 56.3 cm³/mol. The lowest BCUT2D eigenvalue weighted by molar-refractivity contribution is 0.0963. The fourth-order valence-corrected chi connectivity index (χ4v) is 1.23. The average Bonchev–Trinajstić information content (AvgIpc) is 2.18. The molecule has 76 valence electrons. The third kappa shape index (κ3) is 3.18. The summed E-state index contributed by atoms with van der Waals surface area (Å²) in [6.07, 6.45) is 1.27. The van der Waals surface area contributed by atoms with Gasteiger partial charge in [-0.15, -0.1) is 0 Å². The second-order valence-corrected chi connectivity index (χ2v) is 3.14. The Bertz CT molecular complexity index is 310. The molecule has 0 aliphatic heterocycles. The molecule has 1 aromatic rings. The van der Waals surface area contributed by atoms with E-state index in [0.717, 1.165) is 6.42 Å². The number of hydrogen-bond acceptors (Lipinski definition) is 3. The number of rotatable bonds is 5. The van der Waals surface area contributed by atoms with Gasteiger partial charge >= 0.3 is 0 Å². The zero-order valence-electron chi connectivity index (χ0n) is 8.32. The van der Waals surface area contributed by atoms with E-state index in [0.29, 0.717) is 24.3 Å². The van der Waals surface area contributed by atoms with Gasteiger partial charge in [0, 0.05) is 31.4 Å². The molecule has 0 unspecified atom stereocenters. The van der Waals surface area contributed by atoms with Crippen LogP contribution in [0.3, 0.4) is 0 Å². The van der Waals surface area contributed by atoms with Crippen LogP contribution in [-0.2, 0) is 4.74 Å². The lowest BCUT2D eigenvalue weighted by Gasteiger charge is -2.01. The maximum Gasteiger partial charge on any atom is 0.163 e. The fraction of sp³-hybridized carbons (Fsp3) is 0.364. The predicted octanol–water partition coefficient (Wildman–Crippen LogP) is 1.88. The van der Waals surface area contributed by atoms with Crippen LogP contribution in [0.25, 0.3) is 0 Å². The van der Waals surface area contributed by atoms with E-state index < -0.39 is 0 Å². The van der Waals surface area contributed by atoms with Gasteiger partial charge in [-0.1, -0.05) is 12.1 Å². The molecule has 0 amide bonds. The first-order chi connectivity index (χ1) is 6.74. The van der Waals surface area contributed by atoms with Crippen LogP contribution in [0, 0.1) is 0 Å². The van der Waals surface area contributed by atoms with Gasteiger partial charge in [-0.25, -0.2) is 0 Å². The Morgan fingerprint density at radius 1 is 1.50 bits per heavy atom. The van der Waals surface area contributed by atoms with Gasteiger partial charge in [0.25, 0.3) is 0 Å². The number of ketones is 1. The smallest absolute Gasteiger partial charge is 0.163 e. The van der Waals surface area contributed by atoms with Crippen LogP contribution in [0.4, 0.5) is 5.69 Å². The van der Waals surface area contributed by atoms with Gasteiger partial charge in [0.2, 0.25) is 0 Å². The van der Waals surface area contributed by atoms with Crippen LogP contribution in [0.2, 0.25) is 0 Å². The van der Waals surface area contributed by atoms with Crippen molar-refractivity contribution in [3.05, 3.63) is 29.8 Å². The van der Waals surface area contributed by atoms with Crippen molar-refractivity contribution >= 4 is 11.5 Å². The number of nitrogens with two attached hydrogens (primary N) is 1. The highest BCUT2D eigenvalue weighted by Gasteiger charge is 2.04. The van der Waals surface area contributed by atoms with Crippen molar-refractivity contribution in [1.82, 2.24) is 0 Å². The molecule has 0 spiro atoms. The van der Waals surface area contributed by atoms with Gasteiger partial charge in [0.15, 0.2) is 5.78 Å². The first-order valence-corrected chi connectivity index (χ1v) is 4.61. The Kier molecular flexibility index (Phi) is 4.13. The van der Waals surface area contributed by atoms with E-state index in [1.165, 1.54) is 0 Å². The summed E-state index contributed by atoms with van der Waals surface area (Å²) < 4.78 is 4.87. The lowest BCUT2D eigenvalue weighted by Crippen LogP contribution is -2.01. The standard InChI is InChI=1S/C11H15NO2/c1-14-7-3-6-11(13)9-4-2-5-10(12)8-9/h2,4-5,8H,3,6-7,12H2,1H3. The SMILES string of the molecule is COCCCC(=O)c1cccc(N)c1. The summed E-state index contributed by atoms with van der Waals surface area (Å²) in [6.45, 7) is 0.619. The highest BCUT2D eigenvalue weighted by atomic mass is 16.5. The summed E-state index contributed by atoms with van der Waals surface area (Å²) in [5.74, 6) is 0.120. The molecule has 1 rings (SSSR count). The number of carbonyl (C=O) groups is 1. The average molecular weight is 193 g/mol. The van der Waals surface area contributed by atoms with E-state index in [4.69, 9.17) is 10.5 Å². The zero-order chi connectivity index (χ0) is 10.4. The number of carbonyl (C=O) groups excluding carboxylic acids is 1. The van der Waals surface area contributed by atoms with Crippen molar-refractivity contribution in [3.63, 3.8) is 0 Å². The van der Waals surface area contributed by atoms with Gasteiger partial charge in [0.05, 0.1) is 0 Å². The normalized spacial score (nSPS) is 10.1. The number of benzene rings is 1. The molecule has 2 N–H and O–H groups in total. The van der Waals surface area contributed by atoms with Gasteiger partial charge in [0.1, 0.15) is 0 Å². The van der Waals surface area contributed by atoms with Crippen LogP contribution in [0.15, 0.2) is 24.3 Å². The zero-order valence-corrected chi connectivity index (χ0v) is 8.32. The Hall–Kier alpha value is -1.35. The Morgan fingerprint density at radius 3 is 2.93 bits per heavy atom. The van der Waals surface area contributed by atoms with Crippen LogP contribution in [-0.4, -0.2) is 19.5 Å². The number of methoxy groups -OCH3 is 1. The molecule has 3 heteroatoms. The van der Waals surface area contributed by atoms with Crippen LogP contribution in [0.1, 0.15) is 23.2 Å². The van der Waals surface area contributed by atoms with E-state index in [-0.39, 0.29) is 5.78 Å². The molecule has 0 saturated heterocycles. The number of ether oxygens (including phenoxy) is 1. The summed E-state index contributed by atoms with van der Waals surface area (Å²) in [5, 5.41) is 0. The summed E-state index contributed by atoms with van der Waals surface area (Å²) in [4.78, 5) is 11.6. The highest BCUT2D eigenvalue weighted by Crippen LogP contribution is 2.09. The summed E-state index contributed by atoms with van der Waals surface area (Å²) in [5.41, 5.74) is 6.88. The topological polar surface area (TPSA) is 52.3 Å². The first kappa shape index (κ1) is 10.7. The second-order valence-electron chi connectivity index (χ2n) is 3.14. The maximum absolute atomic E-state index is 11.6. The Labute approximate surface area is 83.9 Å². The van der Waals surface area contributed by atoms with E-state index in [1.54, 1.807) is 31.4 Å². The van der Waals surface area contributed by atoms with Crippen molar-refractivity contribution in [1.29, 1.82) is 0 Å². The molecular weight excluding hydrogens is 178 g/mol. The Balaban J connectivity index is 2.52. The van der Waals surface area contributed by atoms with Crippen molar-refractivity contribution in [2.45, 2.75) is 12.8 Å². The largest absolute Gasteiger partial charge is 0.399 e. The molecule has 0 bridgehead atoms. The van der Waals surface area contributed by atoms with Crippen molar-refractivity contribution in [2.75, 3.05) is 19.5 Å². The quantitative estimate of drug-likeness (QED) is 0.441. The molecule has 0 fully saturated rings. The van der Waals surface area contributed by atoms with Crippen LogP contribution < -0.4 is 5.73 Å². The minimum absolute atomic E-state index is 0.120. The maximum atomic E-state index is 11.6. The van der Waals surface area contributed by atoms with E-state index in [1.807, 2.05) is 0 Å². The Morgan fingerprint density at radius 2 is 2.29 bits per heavy atom. The molecule has 14 heavy (non-hydrogen) atoms. The van der Waals surface area contributed by atoms with Crippen molar-refractivity contribution in [3.8, 4) is 0 Å². The van der Waals surface area contributed by atoms with Gasteiger partial charge in [-0.2, -0.15) is 0 Å². The number of anilines is 1. The fourth-order valence-electron chi connectivity index (χ4n) is 1.23. The van der Waals surface area contributed by atoms with Crippen LogP contribution >= 0.6 is 0 Å². The molecule has 0 atom stereocenters. The highest BCUT2D eigenvalue weighted by molar-refractivity contribution is 5.96. The lowest BCUT2D eigenvalue weighted by atomic mass is 10.1. The number of hydrogen-bond donors (Lipinski definition) is 1. The van der Waals surface area contributed by atoms with Crippen molar-refractivity contribution in [2.24, 2.45) is 0 Å². The minimum atomic E-state index is 0.120. The van der Waals surface area contributed by atoms with E-state index >= 15 is 0 Å². The molecule has 0 aliphatic carbocycles. The third-order valence-corrected chi connectivity index (χ3v) is 1.96. The molecular formula is C11H15NO2. The molecule has 3 nitrogen and oxygen atoms in total. The molecule has 0 saturated carbocycles. The second kappa shape index (κ2) is 5.40. The number of nitrogen functional groups attached to an aromatic ring is 1. The van der Waals surface area contributed by atoms with Crippen molar-refractivity contribution < 1.29 is 9.53 Å². The van der Waals surface area contributed by atoms with Gasteiger partial charge in [-0.3, -0.25) is 4.79 Å². The monoisotopic (exact) mass is 193 g/mol. The van der Waals surface area contributed by atoms with Gasteiger partial charge in [-0.05, 0) is 18.6 Å². The molecule has 0 heterocycles. The third-order valence-electron chi connectivity index (χ3n) is 1.96. The summed E-state index contributed by atoms with van der Waals surface area (Å²) in [6, 6.07) is 7.05. The van der Waals surface area contributed by atoms with Crippen LogP contribution in [0.5, 0.6) is 0 Å². The van der Waals surface area contributed by atoms with Gasteiger partial charge < -0.3 is 10.5 Å². The van der Waals surface area contributed by atoms with E-state index in [2.05, 4.69) is 0 Å².